The molecule has 0 bridgehead atoms. The molecule has 1 fully saturated rings. The minimum Gasteiger partial charge on any atom is -0.309 e. The van der Waals surface area contributed by atoms with Crippen LogP contribution >= 0.6 is 0 Å². The molecule has 0 spiro atoms. The second-order valence-corrected chi connectivity index (χ2v) is 1.57. The van der Waals surface area contributed by atoms with Crippen LogP contribution in [0.1, 0.15) is 6.42 Å². The molecule has 0 aromatic heterocycles. The zero-order valence-electron chi connectivity index (χ0n) is 3.57. The third-order valence-electron chi connectivity index (χ3n) is 1.01. The molecule has 6 heavy (non-hydrogen) atoms. The molecule has 0 amide bonds. The molecule has 0 aromatic carbocycles. The van der Waals surface area contributed by atoms with E-state index in [4.69, 9.17) is 5.41 Å². The second kappa shape index (κ2) is 0.934. The van der Waals surface area contributed by atoms with Gasteiger partial charge in [0.2, 0.25) is 0 Å². The van der Waals surface area contributed by atoms with Crippen LogP contribution in [0.25, 0.3) is 0 Å². The van der Waals surface area contributed by atoms with E-state index in [-0.39, 0.29) is 0 Å². The lowest BCUT2D eigenvalue weighted by molar-refractivity contribution is 1.18. The minimum absolute atomic E-state index is 0.449. The molecule has 1 saturated carbocycles. The van der Waals surface area contributed by atoms with Gasteiger partial charge >= 0.3 is 0 Å². The van der Waals surface area contributed by atoms with Crippen LogP contribution in [0, 0.1) is 11.3 Å². The van der Waals surface area contributed by atoms with Crippen LogP contribution in [-0.2, 0) is 0 Å². The molecule has 0 aromatic rings. The first-order chi connectivity index (χ1) is 2.84. The maximum absolute atomic E-state index is 6.90. The highest BCUT2D eigenvalue weighted by Gasteiger charge is 2.25. The molecule has 1 aliphatic carbocycles. The van der Waals surface area contributed by atoms with Crippen molar-refractivity contribution in [2.24, 2.45) is 5.92 Å². The Morgan fingerprint density at radius 1 is 2.00 bits per heavy atom. The fourth-order valence-electron chi connectivity index (χ4n) is 0.404. The van der Waals surface area contributed by atoms with Crippen molar-refractivity contribution in [1.29, 1.82) is 5.41 Å². The van der Waals surface area contributed by atoms with E-state index in [1.807, 2.05) is 6.08 Å². The summed E-state index contributed by atoms with van der Waals surface area (Å²) in [7, 11) is 0. The zero-order valence-corrected chi connectivity index (χ0v) is 3.57. The van der Waals surface area contributed by atoms with E-state index >= 15 is 0 Å². The van der Waals surface area contributed by atoms with Crippen LogP contribution in [0.2, 0.25) is 0 Å². The first-order valence-corrected chi connectivity index (χ1v) is 2.04. The van der Waals surface area contributed by atoms with Crippen LogP contribution in [0.4, 0.5) is 0 Å². The molecule has 0 aliphatic heterocycles. The number of hydrogen-bond donors (Lipinski definition) is 1. The number of nitrogens with one attached hydrogen (secondary N) is 1. The largest absolute Gasteiger partial charge is 0.309 e. The van der Waals surface area contributed by atoms with E-state index in [1.165, 1.54) is 0 Å². The lowest BCUT2D eigenvalue weighted by atomic mass is 10.4. The van der Waals surface area contributed by atoms with Crippen LogP contribution in [0.5, 0.6) is 0 Å². The van der Waals surface area contributed by atoms with Gasteiger partial charge in [-0.2, -0.15) is 0 Å². The standard InChI is InChI=1S/C5H7N/c1-2-4-3-5(4)6/h2,4,6H,1,3H2. The van der Waals surface area contributed by atoms with Crippen molar-refractivity contribution in [3.8, 4) is 0 Å². The van der Waals surface area contributed by atoms with Gasteiger partial charge in [-0.1, -0.05) is 6.08 Å². The van der Waals surface area contributed by atoms with Gasteiger partial charge in [-0.3, -0.25) is 0 Å². The van der Waals surface area contributed by atoms with Crippen LogP contribution in [0.15, 0.2) is 12.7 Å². The lowest BCUT2D eigenvalue weighted by Crippen LogP contribution is -1.62. The maximum atomic E-state index is 6.90. The van der Waals surface area contributed by atoms with Gasteiger partial charge in [0, 0.05) is 11.6 Å². The van der Waals surface area contributed by atoms with E-state index in [2.05, 4.69) is 6.58 Å². The summed E-state index contributed by atoms with van der Waals surface area (Å²) in [6.45, 7) is 3.53. The Morgan fingerprint density at radius 2 is 2.50 bits per heavy atom. The molecule has 0 radical (unpaired) electrons. The Bertz CT molecular complexity index is 94.1. The van der Waals surface area contributed by atoms with Crippen LogP contribution < -0.4 is 0 Å². The van der Waals surface area contributed by atoms with Gasteiger partial charge in [-0.15, -0.1) is 6.58 Å². The van der Waals surface area contributed by atoms with Crippen molar-refractivity contribution in [3.63, 3.8) is 0 Å². The van der Waals surface area contributed by atoms with Crippen LogP contribution in [-0.4, -0.2) is 5.71 Å². The van der Waals surface area contributed by atoms with E-state index in [1.54, 1.807) is 0 Å². The molecular formula is C5H7N. The Morgan fingerprint density at radius 3 is 2.50 bits per heavy atom. The van der Waals surface area contributed by atoms with Crippen molar-refractivity contribution in [3.05, 3.63) is 12.7 Å². The smallest absolute Gasteiger partial charge is 0.0195 e. The fourth-order valence-corrected chi connectivity index (χ4v) is 0.404. The van der Waals surface area contributed by atoms with Crippen molar-refractivity contribution < 1.29 is 0 Å². The van der Waals surface area contributed by atoms with Gasteiger partial charge in [0.05, 0.1) is 0 Å². The first-order valence-electron chi connectivity index (χ1n) is 2.04. The number of rotatable bonds is 1. The topological polar surface area (TPSA) is 23.9 Å². The summed E-state index contributed by atoms with van der Waals surface area (Å²) in [6, 6.07) is 0. The molecule has 0 heterocycles. The summed E-state index contributed by atoms with van der Waals surface area (Å²) >= 11 is 0. The Balaban J connectivity index is 2.44. The highest BCUT2D eigenvalue weighted by Crippen LogP contribution is 2.24. The second-order valence-electron chi connectivity index (χ2n) is 1.57. The summed E-state index contributed by atoms with van der Waals surface area (Å²) in [6.07, 6.45) is 2.78. The maximum Gasteiger partial charge on any atom is 0.0195 e. The normalized spacial score (nSPS) is 30.0. The molecule has 1 nitrogen and oxygen atoms in total. The van der Waals surface area contributed by atoms with Gasteiger partial charge in [0.1, 0.15) is 0 Å². The molecule has 1 aliphatic rings. The summed E-state index contributed by atoms with van der Waals surface area (Å²) in [5.41, 5.74) is 0.838. The average molecular weight is 81.1 g/mol. The molecule has 1 atom stereocenters. The van der Waals surface area contributed by atoms with E-state index in [0.717, 1.165) is 12.1 Å². The molecule has 32 valence electrons. The van der Waals surface area contributed by atoms with Gasteiger partial charge < -0.3 is 5.41 Å². The number of allylic oxidation sites excluding steroid dienone is 1. The summed E-state index contributed by atoms with van der Waals surface area (Å²) < 4.78 is 0. The van der Waals surface area contributed by atoms with Gasteiger partial charge in [0.15, 0.2) is 0 Å². The zero-order chi connectivity index (χ0) is 4.57. The van der Waals surface area contributed by atoms with E-state index in [0.29, 0.717) is 5.92 Å². The predicted octanol–water partition coefficient (Wildman–Crippen LogP) is 1.21. The first kappa shape index (κ1) is 3.59. The SMILES string of the molecule is C=CC1CC1=N. The average Bonchev–Trinajstić information content (AvgIpc) is 2.19. The summed E-state index contributed by atoms with van der Waals surface area (Å²) in [5.74, 6) is 0.449. The Kier molecular flexibility index (Phi) is 0.560. The minimum atomic E-state index is 0.449. The molecule has 1 rings (SSSR count). The quantitative estimate of drug-likeness (QED) is 0.459. The van der Waals surface area contributed by atoms with Gasteiger partial charge in [0.25, 0.3) is 0 Å². The van der Waals surface area contributed by atoms with Crippen molar-refractivity contribution in [2.45, 2.75) is 6.42 Å². The fraction of sp³-hybridized carbons (Fsp3) is 0.400. The van der Waals surface area contributed by atoms with Gasteiger partial charge in [-0.25, -0.2) is 0 Å². The van der Waals surface area contributed by atoms with E-state index in [9.17, 15) is 0 Å². The number of hydrogen-bond acceptors (Lipinski definition) is 1. The molecule has 1 heteroatoms. The predicted molar refractivity (Wildman–Crippen MR) is 26.0 cm³/mol. The highest BCUT2D eigenvalue weighted by atomic mass is 14.5. The monoisotopic (exact) mass is 81.1 g/mol. The lowest BCUT2D eigenvalue weighted by Gasteiger charge is -1.63. The van der Waals surface area contributed by atoms with Gasteiger partial charge in [-0.05, 0) is 6.42 Å². The molecule has 1 N–H and O–H groups in total. The molecular weight excluding hydrogens is 74.1 g/mol. The third kappa shape index (κ3) is 0.361. The summed E-state index contributed by atoms with van der Waals surface area (Å²) in [4.78, 5) is 0. The van der Waals surface area contributed by atoms with E-state index < -0.39 is 0 Å². The Hall–Kier alpha value is -0.590. The van der Waals surface area contributed by atoms with Crippen LogP contribution in [0.3, 0.4) is 0 Å². The highest BCUT2D eigenvalue weighted by molar-refractivity contribution is 6.00. The van der Waals surface area contributed by atoms with Crippen molar-refractivity contribution >= 4 is 5.71 Å². The summed E-state index contributed by atoms with van der Waals surface area (Å²) in [5, 5.41) is 6.90. The molecule has 1 unspecified atom stereocenters. The Labute approximate surface area is 37.2 Å². The van der Waals surface area contributed by atoms with Crippen molar-refractivity contribution in [1.82, 2.24) is 0 Å². The third-order valence-corrected chi connectivity index (χ3v) is 1.01. The molecule has 0 saturated heterocycles. The van der Waals surface area contributed by atoms with Crippen molar-refractivity contribution in [2.75, 3.05) is 0 Å².